The number of hydrogen-bond donors (Lipinski definition) is 4. The van der Waals surface area contributed by atoms with Crippen LogP contribution in [0.3, 0.4) is 0 Å². The Morgan fingerprint density at radius 2 is 2.19 bits per heavy atom. The van der Waals surface area contributed by atoms with Gasteiger partial charge >= 0.3 is 0 Å². The SMILES string of the molecule is COc1ccc(F)c(Nc2nc(NN)nc3[nH]ncc23)c1. The van der Waals surface area contributed by atoms with E-state index < -0.39 is 5.82 Å². The summed E-state index contributed by atoms with van der Waals surface area (Å²) in [7, 11) is 1.51. The Bertz CT molecular complexity index is 788. The first kappa shape index (κ1) is 13.1. The Morgan fingerprint density at radius 1 is 1.33 bits per heavy atom. The highest BCUT2D eigenvalue weighted by Crippen LogP contribution is 2.27. The number of benzene rings is 1. The fraction of sp³-hybridized carbons (Fsp3) is 0.0833. The van der Waals surface area contributed by atoms with Crippen LogP contribution in [-0.2, 0) is 0 Å². The summed E-state index contributed by atoms with van der Waals surface area (Å²) >= 11 is 0. The van der Waals surface area contributed by atoms with Gasteiger partial charge in [-0.2, -0.15) is 15.1 Å². The van der Waals surface area contributed by atoms with Crippen molar-refractivity contribution in [2.24, 2.45) is 5.84 Å². The van der Waals surface area contributed by atoms with Crippen LogP contribution in [0, 0.1) is 5.82 Å². The van der Waals surface area contributed by atoms with E-state index in [0.717, 1.165) is 0 Å². The number of anilines is 3. The van der Waals surface area contributed by atoms with Gasteiger partial charge in [0, 0.05) is 6.07 Å². The molecule has 0 unspecified atom stereocenters. The van der Waals surface area contributed by atoms with E-state index in [1.54, 1.807) is 0 Å². The third kappa shape index (κ3) is 2.41. The Labute approximate surface area is 118 Å². The summed E-state index contributed by atoms with van der Waals surface area (Å²) in [6.07, 6.45) is 1.54. The van der Waals surface area contributed by atoms with Gasteiger partial charge in [-0.25, -0.2) is 10.2 Å². The Kier molecular flexibility index (Phi) is 3.24. The molecule has 108 valence electrons. The summed E-state index contributed by atoms with van der Waals surface area (Å²) in [6.45, 7) is 0. The number of nitrogens with two attached hydrogens (primary N) is 1. The number of nitrogens with one attached hydrogen (secondary N) is 3. The summed E-state index contributed by atoms with van der Waals surface area (Å²) < 4.78 is 18.9. The van der Waals surface area contributed by atoms with Gasteiger partial charge in [-0.3, -0.25) is 10.5 Å². The number of hydrogen-bond acceptors (Lipinski definition) is 7. The molecule has 21 heavy (non-hydrogen) atoms. The van der Waals surface area contributed by atoms with Crippen LogP contribution in [0.15, 0.2) is 24.4 Å². The number of halogens is 1. The van der Waals surface area contributed by atoms with Gasteiger partial charge < -0.3 is 10.1 Å². The second-order valence-electron chi connectivity index (χ2n) is 4.14. The zero-order chi connectivity index (χ0) is 14.8. The lowest BCUT2D eigenvalue weighted by Gasteiger charge is -2.10. The highest BCUT2D eigenvalue weighted by Gasteiger charge is 2.12. The quantitative estimate of drug-likeness (QED) is 0.425. The smallest absolute Gasteiger partial charge is 0.241 e. The van der Waals surface area contributed by atoms with Crippen LogP contribution in [0.4, 0.5) is 21.8 Å². The molecule has 5 N–H and O–H groups in total. The lowest BCUT2D eigenvalue weighted by molar-refractivity contribution is 0.414. The molecule has 0 fully saturated rings. The third-order valence-corrected chi connectivity index (χ3v) is 2.87. The van der Waals surface area contributed by atoms with Crippen LogP contribution in [0.1, 0.15) is 0 Å². The topological polar surface area (TPSA) is 114 Å². The molecule has 0 aliphatic heterocycles. The first-order valence-electron chi connectivity index (χ1n) is 5.99. The molecule has 0 saturated heterocycles. The first-order valence-corrected chi connectivity index (χ1v) is 5.99. The molecule has 0 saturated carbocycles. The van der Waals surface area contributed by atoms with Gasteiger partial charge in [0.25, 0.3) is 0 Å². The van der Waals surface area contributed by atoms with Crippen LogP contribution in [0.2, 0.25) is 0 Å². The van der Waals surface area contributed by atoms with E-state index in [4.69, 9.17) is 10.6 Å². The summed E-state index contributed by atoms with van der Waals surface area (Å²) in [4.78, 5) is 8.25. The van der Waals surface area contributed by atoms with Crippen molar-refractivity contribution in [3.05, 3.63) is 30.2 Å². The minimum absolute atomic E-state index is 0.178. The van der Waals surface area contributed by atoms with E-state index in [9.17, 15) is 4.39 Å². The number of fused-ring (bicyclic) bond motifs is 1. The average molecular weight is 289 g/mol. The van der Waals surface area contributed by atoms with Crippen LogP contribution in [0.5, 0.6) is 5.75 Å². The van der Waals surface area contributed by atoms with E-state index in [2.05, 4.69) is 30.9 Å². The standard InChI is InChI=1S/C12H12FN7O/c1-21-6-2-3-8(13)9(4-6)16-10-7-5-15-20-11(7)18-12(17-10)19-14/h2-5H,14H2,1H3,(H3,15,16,17,18,19,20). The van der Waals surface area contributed by atoms with Crippen LogP contribution < -0.4 is 21.3 Å². The summed E-state index contributed by atoms with van der Waals surface area (Å²) in [5, 5.41) is 10.1. The van der Waals surface area contributed by atoms with Crippen molar-refractivity contribution >= 4 is 28.5 Å². The molecule has 0 spiro atoms. The second-order valence-corrected chi connectivity index (χ2v) is 4.14. The molecule has 8 nitrogen and oxygen atoms in total. The lowest BCUT2D eigenvalue weighted by atomic mass is 10.2. The normalized spacial score (nSPS) is 10.6. The van der Waals surface area contributed by atoms with Crippen LogP contribution in [-0.4, -0.2) is 27.3 Å². The van der Waals surface area contributed by atoms with E-state index in [1.807, 2.05) is 0 Å². The molecule has 0 aliphatic carbocycles. The van der Waals surface area contributed by atoms with Gasteiger partial charge in [-0.1, -0.05) is 0 Å². The minimum atomic E-state index is -0.437. The predicted molar refractivity (Wildman–Crippen MR) is 75.7 cm³/mol. The fourth-order valence-electron chi connectivity index (χ4n) is 1.85. The molecular formula is C12H12FN7O. The van der Waals surface area contributed by atoms with Crippen molar-refractivity contribution in [3.63, 3.8) is 0 Å². The van der Waals surface area contributed by atoms with Gasteiger partial charge in [-0.05, 0) is 12.1 Å². The van der Waals surface area contributed by atoms with Crippen LogP contribution >= 0.6 is 0 Å². The zero-order valence-electron chi connectivity index (χ0n) is 11.0. The summed E-state index contributed by atoms with van der Waals surface area (Å²) in [6, 6.07) is 4.36. The molecule has 0 bridgehead atoms. The summed E-state index contributed by atoms with van der Waals surface area (Å²) in [5.74, 6) is 5.95. The molecule has 3 rings (SSSR count). The molecule has 0 aliphatic rings. The zero-order valence-corrected chi connectivity index (χ0v) is 11.0. The predicted octanol–water partition coefficient (Wildman–Crippen LogP) is 1.53. The lowest BCUT2D eigenvalue weighted by Crippen LogP contribution is -2.11. The third-order valence-electron chi connectivity index (χ3n) is 2.87. The van der Waals surface area contributed by atoms with Crippen LogP contribution in [0.25, 0.3) is 11.0 Å². The van der Waals surface area contributed by atoms with Crippen molar-refractivity contribution in [2.45, 2.75) is 0 Å². The van der Waals surface area contributed by atoms with Gasteiger partial charge in [0.15, 0.2) is 5.65 Å². The average Bonchev–Trinajstić information content (AvgIpc) is 2.98. The molecule has 0 atom stereocenters. The highest BCUT2D eigenvalue weighted by atomic mass is 19.1. The minimum Gasteiger partial charge on any atom is -0.497 e. The number of nitrogens with zero attached hydrogens (tertiary/aromatic N) is 3. The number of nitrogen functional groups attached to an aromatic ring is 1. The number of hydrazine groups is 1. The van der Waals surface area contributed by atoms with E-state index >= 15 is 0 Å². The van der Waals surface area contributed by atoms with Crippen molar-refractivity contribution in [2.75, 3.05) is 17.9 Å². The van der Waals surface area contributed by atoms with Gasteiger partial charge in [-0.15, -0.1) is 0 Å². The maximum atomic E-state index is 13.9. The molecule has 0 amide bonds. The Balaban J connectivity index is 2.07. The maximum absolute atomic E-state index is 13.9. The molecular weight excluding hydrogens is 277 g/mol. The number of methoxy groups -OCH3 is 1. The fourth-order valence-corrected chi connectivity index (χ4v) is 1.85. The van der Waals surface area contributed by atoms with Crippen molar-refractivity contribution in [3.8, 4) is 5.75 Å². The molecule has 2 aromatic heterocycles. The van der Waals surface area contributed by atoms with Gasteiger partial charge in [0.2, 0.25) is 5.95 Å². The van der Waals surface area contributed by atoms with E-state index in [1.165, 1.54) is 31.5 Å². The number of ether oxygens (including phenoxy) is 1. The van der Waals surface area contributed by atoms with Crippen molar-refractivity contribution in [1.82, 2.24) is 20.2 Å². The Hall–Kier alpha value is -2.94. The molecule has 2 heterocycles. The molecule has 1 aromatic carbocycles. The molecule has 9 heteroatoms. The van der Waals surface area contributed by atoms with Crippen molar-refractivity contribution in [1.29, 1.82) is 0 Å². The molecule has 3 aromatic rings. The second kappa shape index (κ2) is 5.21. The first-order chi connectivity index (χ1) is 10.2. The summed E-state index contributed by atoms with van der Waals surface area (Å²) in [5.41, 5.74) is 3.04. The number of aromatic amines is 1. The van der Waals surface area contributed by atoms with E-state index in [-0.39, 0.29) is 11.6 Å². The molecule has 0 radical (unpaired) electrons. The number of aromatic nitrogens is 4. The maximum Gasteiger partial charge on any atom is 0.241 e. The highest BCUT2D eigenvalue weighted by molar-refractivity contribution is 5.89. The largest absolute Gasteiger partial charge is 0.497 e. The number of rotatable bonds is 4. The van der Waals surface area contributed by atoms with E-state index in [0.29, 0.717) is 22.6 Å². The van der Waals surface area contributed by atoms with Gasteiger partial charge in [0.05, 0.1) is 24.4 Å². The monoisotopic (exact) mass is 289 g/mol. The Morgan fingerprint density at radius 3 is 2.95 bits per heavy atom. The van der Waals surface area contributed by atoms with Crippen molar-refractivity contribution < 1.29 is 9.13 Å². The number of H-pyrrole nitrogens is 1. The van der Waals surface area contributed by atoms with Gasteiger partial charge in [0.1, 0.15) is 17.4 Å².